The molecule has 0 aliphatic carbocycles. The van der Waals surface area contributed by atoms with Gasteiger partial charge in [-0.3, -0.25) is 4.98 Å². The molecule has 0 amide bonds. The standard InChI is InChI=1S/C28H27BrN4S/c1-17-16-22(13-14-23(17)29)33-27(26(31-28(33)34)24-12-8-9-15-30-24)25-18(2)19(3)32(20(25)4)21-10-6-5-7-11-21/h5-16,26-27H,1-4H3,(H,31,34). The number of hydrogen-bond acceptors (Lipinski definition) is 2. The minimum atomic E-state index is -0.0684. The Kier molecular flexibility index (Phi) is 6.04. The largest absolute Gasteiger partial charge is 0.351 e. The molecule has 5 rings (SSSR count). The number of para-hydroxylation sites is 1. The fourth-order valence-corrected chi connectivity index (χ4v) is 5.70. The van der Waals surface area contributed by atoms with E-state index in [4.69, 9.17) is 17.2 Å². The number of aromatic nitrogens is 2. The van der Waals surface area contributed by atoms with Crippen LogP contribution in [-0.4, -0.2) is 14.7 Å². The van der Waals surface area contributed by atoms with Gasteiger partial charge in [-0.25, -0.2) is 0 Å². The number of nitrogens with zero attached hydrogens (tertiary/aromatic N) is 3. The van der Waals surface area contributed by atoms with E-state index in [-0.39, 0.29) is 12.1 Å². The van der Waals surface area contributed by atoms with Crippen molar-refractivity contribution in [2.45, 2.75) is 39.8 Å². The summed E-state index contributed by atoms with van der Waals surface area (Å²) < 4.78 is 3.44. The highest BCUT2D eigenvalue weighted by atomic mass is 79.9. The molecule has 1 fully saturated rings. The van der Waals surface area contributed by atoms with Crippen LogP contribution < -0.4 is 10.2 Å². The molecule has 0 bridgehead atoms. The van der Waals surface area contributed by atoms with Crippen molar-refractivity contribution in [2.24, 2.45) is 0 Å². The molecular formula is C28H27BrN4S. The van der Waals surface area contributed by atoms with Gasteiger partial charge in [-0.1, -0.05) is 40.2 Å². The maximum absolute atomic E-state index is 5.94. The molecule has 6 heteroatoms. The number of hydrogen-bond donors (Lipinski definition) is 1. The molecule has 1 aliphatic rings. The third kappa shape index (κ3) is 3.75. The second-order valence-corrected chi connectivity index (χ2v) is 10.1. The molecule has 1 aliphatic heterocycles. The number of benzene rings is 2. The summed E-state index contributed by atoms with van der Waals surface area (Å²) in [5, 5.41) is 4.31. The Hall–Kier alpha value is -2.96. The lowest BCUT2D eigenvalue weighted by atomic mass is 9.93. The summed E-state index contributed by atoms with van der Waals surface area (Å²) in [6.07, 6.45) is 1.85. The first-order valence-electron chi connectivity index (χ1n) is 11.4. The molecule has 0 radical (unpaired) electrons. The molecule has 34 heavy (non-hydrogen) atoms. The summed E-state index contributed by atoms with van der Waals surface area (Å²) in [6.45, 7) is 8.74. The first-order valence-corrected chi connectivity index (χ1v) is 12.6. The van der Waals surface area contributed by atoms with Gasteiger partial charge in [-0.05, 0) is 93.5 Å². The minimum Gasteiger partial charge on any atom is -0.351 e. The van der Waals surface area contributed by atoms with E-state index >= 15 is 0 Å². The second-order valence-electron chi connectivity index (χ2n) is 8.81. The van der Waals surface area contributed by atoms with Gasteiger partial charge in [0.25, 0.3) is 0 Å². The number of halogens is 1. The normalized spacial score (nSPS) is 17.8. The van der Waals surface area contributed by atoms with Crippen LogP contribution in [0.3, 0.4) is 0 Å². The number of pyridine rings is 1. The number of rotatable bonds is 4. The van der Waals surface area contributed by atoms with Crippen molar-refractivity contribution in [2.75, 3.05) is 4.90 Å². The number of thiocarbonyl (C=S) groups is 1. The van der Waals surface area contributed by atoms with Gasteiger partial charge in [0.1, 0.15) is 0 Å². The summed E-state index contributed by atoms with van der Waals surface area (Å²) in [6, 6.07) is 22.9. The van der Waals surface area contributed by atoms with Crippen molar-refractivity contribution in [1.82, 2.24) is 14.9 Å². The van der Waals surface area contributed by atoms with Crippen molar-refractivity contribution in [3.05, 3.63) is 111 Å². The highest BCUT2D eigenvalue weighted by Crippen LogP contribution is 2.45. The summed E-state index contributed by atoms with van der Waals surface area (Å²) >= 11 is 9.58. The maximum atomic E-state index is 5.94. The first kappa shape index (κ1) is 22.8. The highest BCUT2D eigenvalue weighted by molar-refractivity contribution is 9.10. The number of anilines is 1. The van der Waals surface area contributed by atoms with Crippen LogP contribution in [0, 0.1) is 27.7 Å². The lowest BCUT2D eigenvalue weighted by Crippen LogP contribution is -2.30. The van der Waals surface area contributed by atoms with Gasteiger partial charge in [0.2, 0.25) is 0 Å². The van der Waals surface area contributed by atoms with Crippen molar-refractivity contribution >= 4 is 38.9 Å². The van der Waals surface area contributed by atoms with Crippen LogP contribution in [0.5, 0.6) is 0 Å². The van der Waals surface area contributed by atoms with Gasteiger partial charge in [-0.2, -0.15) is 0 Å². The van der Waals surface area contributed by atoms with Gasteiger partial charge < -0.3 is 14.8 Å². The number of nitrogens with one attached hydrogen (secondary N) is 1. The Labute approximate surface area is 214 Å². The maximum Gasteiger partial charge on any atom is 0.174 e. The van der Waals surface area contributed by atoms with E-state index in [2.05, 4.69) is 113 Å². The zero-order valence-electron chi connectivity index (χ0n) is 19.7. The lowest BCUT2D eigenvalue weighted by molar-refractivity contribution is 0.563. The van der Waals surface area contributed by atoms with Crippen LogP contribution >= 0.6 is 28.1 Å². The molecule has 172 valence electrons. The van der Waals surface area contributed by atoms with Gasteiger partial charge in [0, 0.05) is 39.0 Å². The summed E-state index contributed by atoms with van der Waals surface area (Å²) in [5.74, 6) is 0. The Morgan fingerprint density at radius 1 is 0.882 bits per heavy atom. The van der Waals surface area contributed by atoms with Crippen LogP contribution in [0.25, 0.3) is 5.69 Å². The summed E-state index contributed by atoms with van der Waals surface area (Å²) in [7, 11) is 0. The zero-order chi connectivity index (χ0) is 24.0. The quantitative estimate of drug-likeness (QED) is 0.286. The Morgan fingerprint density at radius 3 is 2.29 bits per heavy atom. The van der Waals surface area contributed by atoms with Crippen molar-refractivity contribution in [1.29, 1.82) is 0 Å². The fourth-order valence-electron chi connectivity index (χ4n) is 5.11. The van der Waals surface area contributed by atoms with E-state index in [1.54, 1.807) is 0 Å². The third-order valence-corrected chi connectivity index (χ3v) is 8.04. The van der Waals surface area contributed by atoms with Crippen molar-refractivity contribution in [3.63, 3.8) is 0 Å². The molecule has 1 saturated heterocycles. The van der Waals surface area contributed by atoms with Crippen LogP contribution in [-0.2, 0) is 0 Å². The van der Waals surface area contributed by atoms with Gasteiger partial charge in [-0.15, -0.1) is 0 Å². The van der Waals surface area contributed by atoms with Crippen LogP contribution in [0.4, 0.5) is 5.69 Å². The molecule has 4 aromatic rings. The van der Waals surface area contributed by atoms with E-state index in [1.165, 1.54) is 33.8 Å². The SMILES string of the molecule is Cc1cc(N2C(=S)NC(c3ccccn3)C2c2c(C)c(C)n(-c3ccccc3)c2C)ccc1Br. The average Bonchev–Trinajstić information content (AvgIpc) is 3.29. The molecule has 2 aromatic carbocycles. The predicted octanol–water partition coefficient (Wildman–Crippen LogP) is 7.05. The lowest BCUT2D eigenvalue weighted by Gasteiger charge is -2.29. The summed E-state index contributed by atoms with van der Waals surface area (Å²) in [4.78, 5) is 6.98. The molecule has 2 unspecified atom stereocenters. The molecule has 0 saturated carbocycles. The molecule has 2 aromatic heterocycles. The summed E-state index contributed by atoms with van der Waals surface area (Å²) in [5.41, 5.74) is 9.41. The molecule has 4 nitrogen and oxygen atoms in total. The first-order chi connectivity index (χ1) is 16.4. The minimum absolute atomic E-state index is 0.0355. The smallest absolute Gasteiger partial charge is 0.174 e. The van der Waals surface area contributed by atoms with Crippen LogP contribution in [0.1, 0.15) is 45.9 Å². The van der Waals surface area contributed by atoms with Crippen LogP contribution in [0.2, 0.25) is 0 Å². The van der Waals surface area contributed by atoms with E-state index in [0.717, 1.165) is 15.9 Å². The third-order valence-electron chi connectivity index (χ3n) is 6.84. The van der Waals surface area contributed by atoms with Gasteiger partial charge >= 0.3 is 0 Å². The van der Waals surface area contributed by atoms with E-state index < -0.39 is 0 Å². The topological polar surface area (TPSA) is 33.1 Å². The predicted molar refractivity (Wildman–Crippen MR) is 147 cm³/mol. The monoisotopic (exact) mass is 530 g/mol. The second kappa shape index (κ2) is 9.01. The Morgan fingerprint density at radius 2 is 1.62 bits per heavy atom. The highest BCUT2D eigenvalue weighted by Gasteiger charge is 2.43. The molecule has 0 spiro atoms. The molecular weight excluding hydrogens is 504 g/mol. The van der Waals surface area contributed by atoms with Crippen molar-refractivity contribution < 1.29 is 0 Å². The zero-order valence-corrected chi connectivity index (χ0v) is 22.1. The van der Waals surface area contributed by atoms with E-state index in [1.807, 2.05) is 18.3 Å². The molecule has 1 N–H and O–H groups in total. The van der Waals surface area contributed by atoms with E-state index in [9.17, 15) is 0 Å². The Balaban J connectivity index is 1.74. The van der Waals surface area contributed by atoms with Crippen LogP contribution in [0.15, 0.2) is 77.4 Å². The number of aryl methyl sites for hydroxylation is 1. The van der Waals surface area contributed by atoms with Gasteiger partial charge in [0.15, 0.2) is 5.11 Å². The molecule has 3 heterocycles. The fraction of sp³-hybridized carbons (Fsp3) is 0.214. The van der Waals surface area contributed by atoms with Crippen molar-refractivity contribution in [3.8, 4) is 5.69 Å². The van der Waals surface area contributed by atoms with E-state index in [0.29, 0.717) is 5.11 Å². The average molecular weight is 532 g/mol. The Bertz CT molecular complexity index is 1360. The molecule has 2 atom stereocenters. The van der Waals surface area contributed by atoms with Gasteiger partial charge in [0.05, 0.1) is 17.8 Å².